The van der Waals surface area contributed by atoms with E-state index in [0.717, 1.165) is 0 Å². The minimum Gasteiger partial charge on any atom is -0.459 e. The lowest BCUT2D eigenvalue weighted by Crippen LogP contribution is -2.61. The molecule has 0 aliphatic carbocycles. The van der Waals surface area contributed by atoms with E-state index in [0.29, 0.717) is 13.0 Å². The third kappa shape index (κ3) is 10.5. The molecular formula is C40H76N2O12. The van der Waals surface area contributed by atoms with E-state index in [2.05, 4.69) is 18.7 Å². The van der Waals surface area contributed by atoms with Crippen LogP contribution in [0.2, 0.25) is 0 Å². The van der Waals surface area contributed by atoms with Gasteiger partial charge < -0.3 is 58.9 Å². The second-order valence-electron chi connectivity index (χ2n) is 18.0. The van der Waals surface area contributed by atoms with Crippen LogP contribution in [0.1, 0.15) is 109 Å². The van der Waals surface area contributed by atoms with Crippen LogP contribution in [-0.4, -0.2) is 165 Å². The average molecular weight is 777 g/mol. The smallest absolute Gasteiger partial charge is 0.311 e. The Labute approximate surface area is 324 Å². The van der Waals surface area contributed by atoms with E-state index in [1.54, 1.807) is 41.5 Å². The zero-order chi connectivity index (χ0) is 41.2. The maximum absolute atomic E-state index is 14.3. The standard InChI is InChI=1S/C40H76N2O12/c1-16-29-40(12,48)33(44)26(8)41(13)20-22(4)18-38(10,47)35(54-37-31(43)28(17-23(5)50-37)42(14)21(2)3)24(6)32(25(7)36(46)52-29)53-30-19-39(11,49-15)34(45)27(9)51-30/h21-35,37,43-45,47-48H,16-20H2,1-15H3/t22-,23-,24+,25-,26-,27+,28+,29-,30+,31-,32+,33-,34+,35-,37+,38-,39-,40-/m1/s1. The molecule has 3 aliphatic heterocycles. The van der Waals surface area contributed by atoms with Crippen LogP contribution in [0, 0.1) is 17.8 Å². The number of hydrogen-bond donors (Lipinski definition) is 5. The van der Waals surface area contributed by atoms with Crippen LogP contribution < -0.4 is 0 Å². The maximum Gasteiger partial charge on any atom is 0.311 e. The molecule has 0 aromatic heterocycles. The van der Waals surface area contributed by atoms with Gasteiger partial charge in [0.25, 0.3) is 0 Å². The number of ether oxygens (including phenoxy) is 6. The van der Waals surface area contributed by atoms with Crippen molar-refractivity contribution in [2.75, 3.05) is 27.7 Å². The van der Waals surface area contributed by atoms with Gasteiger partial charge in [0, 0.05) is 44.1 Å². The van der Waals surface area contributed by atoms with Gasteiger partial charge in [-0.25, -0.2) is 0 Å². The largest absolute Gasteiger partial charge is 0.459 e. The summed E-state index contributed by atoms with van der Waals surface area (Å²) >= 11 is 0. The highest BCUT2D eigenvalue weighted by molar-refractivity contribution is 5.73. The first-order chi connectivity index (χ1) is 24.8. The number of hydrogen-bond acceptors (Lipinski definition) is 14. The lowest BCUT2D eigenvalue weighted by atomic mass is 9.77. The Balaban J connectivity index is 2.18. The quantitative estimate of drug-likeness (QED) is 0.227. The molecule has 18 atom stereocenters. The summed E-state index contributed by atoms with van der Waals surface area (Å²) in [6.45, 7) is 22.2. The van der Waals surface area contributed by atoms with E-state index < -0.39 is 96.0 Å². The van der Waals surface area contributed by atoms with E-state index in [-0.39, 0.29) is 43.4 Å². The number of aliphatic hydroxyl groups excluding tert-OH is 3. The Morgan fingerprint density at radius 1 is 0.963 bits per heavy atom. The lowest BCUT2D eigenvalue weighted by Gasteiger charge is -2.49. The molecule has 0 aromatic carbocycles. The predicted octanol–water partition coefficient (Wildman–Crippen LogP) is 2.68. The summed E-state index contributed by atoms with van der Waals surface area (Å²) < 4.78 is 37.8. The molecule has 3 aliphatic rings. The molecule has 54 heavy (non-hydrogen) atoms. The molecule has 3 saturated heterocycles. The summed E-state index contributed by atoms with van der Waals surface area (Å²) in [7, 11) is 5.31. The first kappa shape index (κ1) is 47.4. The summed E-state index contributed by atoms with van der Waals surface area (Å²) in [4.78, 5) is 18.3. The molecule has 5 N–H and O–H groups in total. The number of carbonyl (C=O) groups excluding carboxylic acids is 1. The topological polar surface area (TPSA) is 180 Å². The number of nitrogens with zero attached hydrogens (tertiary/aromatic N) is 2. The van der Waals surface area contributed by atoms with Crippen LogP contribution in [0.3, 0.4) is 0 Å². The first-order valence-corrected chi connectivity index (χ1v) is 20.1. The molecule has 318 valence electrons. The molecule has 0 amide bonds. The van der Waals surface area contributed by atoms with Crippen molar-refractivity contribution < 1.29 is 58.7 Å². The van der Waals surface area contributed by atoms with Crippen molar-refractivity contribution in [2.45, 2.75) is 205 Å². The average Bonchev–Trinajstić information content (AvgIpc) is 3.09. The lowest BCUT2D eigenvalue weighted by molar-refractivity contribution is -0.318. The van der Waals surface area contributed by atoms with Crippen molar-refractivity contribution in [3.05, 3.63) is 0 Å². The van der Waals surface area contributed by atoms with Crippen molar-refractivity contribution in [1.29, 1.82) is 0 Å². The van der Waals surface area contributed by atoms with Gasteiger partial charge in [-0.3, -0.25) is 9.69 Å². The fraction of sp³-hybridized carbons (Fsp3) is 0.975. The molecule has 14 heteroatoms. The zero-order valence-corrected chi connectivity index (χ0v) is 35.8. The predicted molar refractivity (Wildman–Crippen MR) is 203 cm³/mol. The fourth-order valence-corrected chi connectivity index (χ4v) is 9.01. The normalized spacial score (nSPS) is 48.3. The van der Waals surface area contributed by atoms with Crippen LogP contribution in [0.15, 0.2) is 0 Å². The summed E-state index contributed by atoms with van der Waals surface area (Å²) in [5.41, 5.74) is -4.39. The van der Waals surface area contributed by atoms with E-state index in [1.807, 2.05) is 39.8 Å². The highest BCUT2D eigenvalue weighted by Crippen LogP contribution is 2.40. The Morgan fingerprint density at radius 3 is 2.13 bits per heavy atom. The third-order valence-corrected chi connectivity index (χ3v) is 12.9. The number of likely N-dealkylation sites (N-methyl/N-ethyl adjacent to an activating group) is 2. The number of cyclic esters (lactones) is 1. The minimum absolute atomic E-state index is 0.132. The number of methoxy groups -OCH3 is 1. The van der Waals surface area contributed by atoms with Gasteiger partial charge in [-0.15, -0.1) is 0 Å². The molecule has 3 fully saturated rings. The van der Waals surface area contributed by atoms with E-state index in [9.17, 15) is 30.3 Å². The molecular weight excluding hydrogens is 700 g/mol. The van der Waals surface area contributed by atoms with Crippen LogP contribution in [0.5, 0.6) is 0 Å². The van der Waals surface area contributed by atoms with E-state index in [1.165, 1.54) is 14.0 Å². The SMILES string of the molecule is CC[C@H]1OC(=O)[C@H](C)[C@@H](O[C@H]2C[C@@](C)(OC)[C@@H](O)[C@H](C)O2)[C@H](C)[C@@H](O[C@@H]2O[C@H](C)C[C@H](N(C)C(C)C)[C@H]2O)[C@](C)(O)C[C@@H](C)CN(C)[C@H](C)[C@@H](O)[C@]1(C)O. The zero-order valence-electron chi connectivity index (χ0n) is 35.8. The van der Waals surface area contributed by atoms with Gasteiger partial charge in [-0.05, 0) is 102 Å². The number of rotatable bonds is 8. The van der Waals surface area contributed by atoms with E-state index in [4.69, 9.17) is 28.4 Å². The highest BCUT2D eigenvalue weighted by atomic mass is 16.7. The molecule has 0 aromatic rings. The summed E-state index contributed by atoms with van der Waals surface area (Å²) in [6, 6.07) is -0.680. The fourth-order valence-electron chi connectivity index (χ4n) is 9.01. The van der Waals surface area contributed by atoms with Crippen molar-refractivity contribution in [3.8, 4) is 0 Å². The number of esters is 1. The Hall–Kier alpha value is -1.01. The Bertz CT molecular complexity index is 1190. The van der Waals surface area contributed by atoms with Gasteiger partial charge in [0.05, 0.1) is 41.5 Å². The van der Waals surface area contributed by atoms with Crippen molar-refractivity contribution in [3.63, 3.8) is 0 Å². The van der Waals surface area contributed by atoms with Crippen LogP contribution >= 0.6 is 0 Å². The molecule has 0 radical (unpaired) electrons. The van der Waals surface area contributed by atoms with Gasteiger partial charge in [-0.1, -0.05) is 20.8 Å². The number of aliphatic hydroxyl groups is 5. The van der Waals surface area contributed by atoms with Gasteiger partial charge in [0.1, 0.15) is 30.0 Å². The molecule has 0 unspecified atom stereocenters. The Morgan fingerprint density at radius 2 is 1.57 bits per heavy atom. The molecule has 3 rings (SSSR count). The molecule has 0 bridgehead atoms. The third-order valence-electron chi connectivity index (χ3n) is 12.9. The summed E-state index contributed by atoms with van der Waals surface area (Å²) in [5, 5.41) is 58.6. The van der Waals surface area contributed by atoms with Gasteiger partial charge in [0.2, 0.25) is 0 Å². The van der Waals surface area contributed by atoms with Gasteiger partial charge in [-0.2, -0.15) is 0 Å². The van der Waals surface area contributed by atoms with Crippen LogP contribution in [0.4, 0.5) is 0 Å². The molecule has 0 spiro atoms. The van der Waals surface area contributed by atoms with E-state index >= 15 is 0 Å². The van der Waals surface area contributed by atoms with Crippen LogP contribution in [-0.2, 0) is 33.2 Å². The van der Waals surface area contributed by atoms with Crippen molar-refractivity contribution in [1.82, 2.24) is 9.80 Å². The van der Waals surface area contributed by atoms with Crippen molar-refractivity contribution in [2.24, 2.45) is 17.8 Å². The number of carbonyl (C=O) groups is 1. The van der Waals surface area contributed by atoms with Gasteiger partial charge >= 0.3 is 5.97 Å². The van der Waals surface area contributed by atoms with Gasteiger partial charge in [0.15, 0.2) is 12.6 Å². The van der Waals surface area contributed by atoms with Crippen molar-refractivity contribution >= 4 is 5.97 Å². The molecule has 14 nitrogen and oxygen atoms in total. The second kappa shape index (κ2) is 18.7. The Kier molecular flexibility index (Phi) is 16.4. The second-order valence-corrected chi connectivity index (χ2v) is 18.0. The minimum atomic E-state index is -1.80. The highest BCUT2D eigenvalue weighted by Gasteiger charge is 2.53. The van der Waals surface area contributed by atoms with Crippen LogP contribution in [0.25, 0.3) is 0 Å². The monoisotopic (exact) mass is 777 g/mol. The maximum atomic E-state index is 14.3. The molecule has 3 heterocycles. The molecule has 0 saturated carbocycles. The summed E-state index contributed by atoms with van der Waals surface area (Å²) in [5.74, 6) is -2.60. The first-order valence-electron chi connectivity index (χ1n) is 20.1. The summed E-state index contributed by atoms with van der Waals surface area (Å²) in [6.07, 6.45) is -8.25.